The molecular formula is C16H26ClN. The van der Waals surface area contributed by atoms with E-state index in [4.69, 9.17) is 11.6 Å². The Bertz CT molecular complexity index is 363. The number of rotatable bonds is 6. The Kier molecular flexibility index (Phi) is 5.68. The predicted molar refractivity (Wildman–Crippen MR) is 81.5 cm³/mol. The molecule has 0 unspecified atom stereocenters. The lowest BCUT2D eigenvalue weighted by atomic mass is 9.93. The van der Waals surface area contributed by atoms with Crippen LogP contribution in [-0.4, -0.2) is 11.4 Å². The zero-order chi connectivity index (χ0) is 13.8. The Morgan fingerprint density at radius 2 is 1.56 bits per heavy atom. The fraction of sp³-hybridized carbons (Fsp3) is 0.625. The van der Waals surface area contributed by atoms with Gasteiger partial charge in [0.15, 0.2) is 0 Å². The highest BCUT2D eigenvalue weighted by Gasteiger charge is 2.24. The standard InChI is InChI=1S/C16H26ClN/c1-6-16(7-2,11-17)18-10-15-13(4)8-12(3)9-14(15)5/h8-9,18H,6-7,10-11H2,1-5H3. The predicted octanol–water partition coefficient (Wildman–Crippen LogP) is 4.50. The lowest BCUT2D eigenvalue weighted by Gasteiger charge is -2.31. The van der Waals surface area contributed by atoms with Crippen molar-refractivity contribution in [2.45, 2.75) is 59.5 Å². The minimum absolute atomic E-state index is 0.0747. The summed E-state index contributed by atoms with van der Waals surface area (Å²) >= 11 is 6.13. The van der Waals surface area contributed by atoms with E-state index < -0.39 is 0 Å². The summed E-state index contributed by atoms with van der Waals surface area (Å²) < 4.78 is 0. The second kappa shape index (κ2) is 6.58. The van der Waals surface area contributed by atoms with Gasteiger partial charge in [-0.05, 0) is 50.3 Å². The molecule has 1 rings (SSSR count). The number of aryl methyl sites for hydroxylation is 3. The molecule has 0 bridgehead atoms. The monoisotopic (exact) mass is 267 g/mol. The van der Waals surface area contributed by atoms with E-state index in [1.165, 1.54) is 22.3 Å². The maximum Gasteiger partial charge on any atom is 0.0405 e. The van der Waals surface area contributed by atoms with Crippen molar-refractivity contribution >= 4 is 11.6 Å². The molecule has 18 heavy (non-hydrogen) atoms. The average Bonchev–Trinajstić information content (AvgIpc) is 2.33. The molecule has 1 aromatic carbocycles. The SMILES string of the molecule is CCC(CC)(CCl)NCc1c(C)cc(C)cc1C. The zero-order valence-corrected chi connectivity index (χ0v) is 13.1. The van der Waals surface area contributed by atoms with Gasteiger partial charge in [0.25, 0.3) is 0 Å². The van der Waals surface area contributed by atoms with Crippen molar-refractivity contribution in [3.63, 3.8) is 0 Å². The first-order valence-electron chi connectivity index (χ1n) is 6.85. The van der Waals surface area contributed by atoms with Gasteiger partial charge in [-0.2, -0.15) is 0 Å². The van der Waals surface area contributed by atoms with Crippen molar-refractivity contribution in [2.24, 2.45) is 0 Å². The van der Waals surface area contributed by atoms with Gasteiger partial charge in [0.2, 0.25) is 0 Å². The first-order chi connectivity index (χ1) is 8.48. The van der Waals surface area contributed by atoms with Crippen LogP contribution in [0.25, 0.3) is 0 Å². The Morgan fingerprint density at radius 1 is 1.06 bits per heavy atom. The van der Waals surface area contributed by atoms with E-state index >= 15 is 0 Å². The van der Waals surface area contributed by atoms with E-state index in [1.54, 1.807) is 0 Å². The van der Waals surface area contributed by atoms with Gasteiger partial charge in [-0.3, -0.25) is 0 Å². The van der Waals surface area contributed by atoms with E-state index in [0.29, 0.717) is 5.88 Å². The van der Waals surface area contributed by atoms with Crippen molar-refractivity contribution in [3.05, 3.63) is 34.4 Å². The summed E-state index contributed by atoms with van der Waals surface area (Å²) in [5.41, 5.74) is 5.57. The van der Waals surface area contributed by atoms with Crippen molar-refractivity contribution in [3.8, 4) is 0 Å². The molecule has 1 nitrogen and oxygen atoms in total. The zero-order valence-electron chi connectivity index (χ0n) is 12.4. The maximum atomic E-state index is 6.13. The summed E-state index contributed by atoms with van der Waals surface area (Å²) in [6, 6.07) is 4.51. The highest BCUT2D eigenvalue weighted by Crippen LogP contribution is 2.21. The van der Waals surface area contributed by atoms with Crippen LogP contribution in [0, 0.1) is 20.8 Å². The molecule has 0 fully saturated rings. The van der Waals surface area contributed by atoms with E-state index in [1.807, 2.05) is 0 Å². The average molecular weight is 268 g/mol. The van der Waals surface area contributed by atoms with Crippen LogP contribution in [0.1, 0.15) is 48.9 Å². The van der Waals surface area contributed by atoms with Gasteiger partial charge in [0.05, 0.1) is 0 Å². The number of nitrogens with one attached hydrogen (secondary N) is 1. The van der Waals surface area contributed by atoms with Gasteiger partial charge < -0.3 is 5.32 Å². The second-order valence-corrected chi connectivity index (χ2v) is 5.62. The molecule has 0 saturated heterocycles. The van der Waals surface area contributed by atoms with Crippen LogP contribution in [-0.2, 0) is 6.54 Å². The molecule has 0 spiro atoms. The van der Waals surface area contributed by atoms with Crippen LogP contribution in [0.3, 0.4) is 0 Å². The van der Waals surface area contributed by atoms with Crippen molar-refractivity contribution in [2.75, 3.05) is 5.88 Å². The molecule has 1 aromatic rings. The minimum Gasteiger partial charge on any atom is -0.306 e. The van der Waals surface area contributed by atoms with Gasteiger partial charge in [-0.25, -0.2) is 0 Å². The molecular weight excluding hydrogens is 242 g/mol. The largest absolute Gasteiger partial charge is 0.306 e. The molecule has 0 aromatic heterocycles. The fourth-order valence-electron chi connectivity index (χ4n) is 2.50. The summed E-state index contributed by atoms with van der Waals surface area (Å²) in [4.78, 5) is 0. The van der Waals surface area contributed by atoms with E-state index in [-0.39, 0.29) is 5.54 Å². The van der Waals surface area contributed by atoms with Crippen LogP contribution in [0.5, 0.6) is 0 Å². The molecule has 0 atom stereocenters. The van der Waals surface area contributed by atoms with E-state index in [2.05, 4.69) is 52.1 Å². The molecule has 102 valence electrons. The van der Waals surface area contributed by atoms with Crippen molar-refractivity contribution in [1.82, 2.24) is 5.32 Å². The highest BCUT2D eigenvalue weighted by atomic mass is 35.5. The van der Waals surface area contributed by atoms with Crippen LogP contribution >= 0.6 is 11.6 Å². The van der Waals surface area contributed by atoms with Crippen molar-refractivity contribution < 1.29 is 0 Å². The third-order valence-corrected chi connectivity index (χ3v) is 4.60. The first-order valence-corrected chi connectivity index (χ1v) is 7.39. The van der Waals surface area contributed by atoms with Gasteiger partial charge in [-0.15, -0.1) is 11.6 Å². The van der Waals surface area contributed by atoms with Crippen LogP contribution in [0.15, 0.2) is 12.1 Å². The molecule has 0 aliphatic carbocycles. The minimum atomic E-state index is 0.0747. The Morgan fingerprint density at radius 3 is 1.94 bits per heavy atom. The number of hydrogen-bond donors (Lipinski definition) is 1. The van der Waals surface area contributed by atoms with Gasteiger partial charge in [-0.1, -0.05) is 31.5 Å². The lowest BCUT2D eigenvalue weighted by Crippen LogP contribution is -2.45. The number of halogens is 1. The molecule has 0 heterocycles. The van der Waals surface area contributed by atoms with E-state index in [0.717, 1.165) is 19.4 Å². The summed E-state index contributed by atoms with van der Waals surface area (Å²) in [7, 11) is 0. The summed E-state index contributed by atoms with van der Waals surface area (Å²) in [6.07, 6.45) is 2.13. The number of alkyl halides is 1. The Balaban J connectivity index is 2.86. The molecule has 1 N–H and O–H groups in total. The molecule has 0 aliphatic heterocycles. The summed E-state index contributed by atoms with van der Waals surface area (Å²) in [5.74, 6) is 0.671. The third-order valence-electron chi connectivity index (χ3n) is 4.09. The summed E-state index contributed by atoms with van der Waals surface area (Å²) in [6.45, 7) is 11.8. The number of benzene rings is 1. The van der Waals surface area contributed by atoms with Gasteiger partial charge in [0, 0.05) is 18.0 Å². The molecule has 0 amide bonds. The third kappa shape index (κ3) is 3.49. The topological polar surface area (TPSA) is 12.0 Å². The fourth-order valence-corrected chi connectivity index (χ4v) is 2.97. The molecule has 0 saturated carbocycles. The van der Waals surface area contributed by atoms with Gasteiger partial charge in [0.1, 0.15) is 0 Å². The Labute approximate surface area is 117 Å². The van der Waals surface area contributed by atoms with E-state index in [9.17, 15) is 0 Å². The van der Waals surface area contributed by atoms with Crippen LogP contribution in [0.4, 0.5) is 0 Å². The summed E-state index contributed by atoms with van der Waals surface area (Å²) in [5, 5.41) is 3.67. The van der Waals surface area contributed by atoms with Crippen molar-refractivity contribution in [1.29, 1.82) is 0 Å². The van der Waals surface area contributed by atoms with Crippen LogP contribution in [0.2, 0.25) is 0 Å². The molecule has 0 radical (unpaired) electrons. The highest BCUT2D eigenvalue weighted by molar-refractivity contribution is 6.18. The van der Waals surface area contributed by atoms with Crippen LogP contribution < -0.4 is 5.32 Å². The normalized spacial score (nSPS) is 11.9. The smallest absolute Gasteiger partial charge is 0.0405 e. The quantitative estimate of drug-likeness (QED) is 0.749. The molecule has 2 heteroatoms. The first kappa shape index (κ1) is 15.5. The second-order valence-electron chi connectivity index (χ2n) is 5.35. The maximum absolute atomic E-state index is 6.13. The lowest BCUT2D eigenvalue weighted by molar-refractivity contribution is 0.334. The number of hydrogen-bond acceptors (Lipinski definition) is 1. The Hall–Kier alpha value is -0.530. The van der Waals surface area contributed by atoms with Gasteiger partial charge >= 0.3 is 0 Å². The molecule has 0 aliphatic rings.